The van der Waals surface area contributed by atoms with E-state index in [2.05, 4.69) is 0 Å². The van der Waals surface area contributed by atoms with E-state index in [1.54, 1.807) is 0 Å². The van der Waals surface area contributed by atoms with Gasteiger partial charge in [0.1, 0.15) is 0 Å². The van der Waals surface area contributed by atoms with E-state index in [1.807, 2.05) is 30.3 Å². The maximum Gasteiger partial charge on any atom is 0.0313 e. The minimum atomic E-state index is 0. The van der Waals surface area contributed by atoms with Crippen LogP contribution in [0.1, 0.15) is 0 Å². The molecular weight excluding hydrogens is 267 g/mol. The Morgan fingerprint density at radius 2 is 1.50 bits per heavy atom. The number of nitrogen functional groups attached to an aromatic ring is 1. The van der Waals surface area contributed by atoms with Crippen molar-refractivity contribution in [3.8, 4) is 0 Å². The van der Waals surface area contributed by atoms with Crippen molar-refractivity contribution in [3.05, 3.63) is 30.3 Å². The summed E-state index contributed by atoms with van der Waals surface area (Å²) in [7, 11) is 0. The second kappa shape index (κ2) is 3.72. The van der Waals surface area contributed by atoms with Crippen molar-refractivity contribution in [2.75, 3.05) is 5.73 Å². The van der Waals surface area contributed by atoms with Crippen molar-refractivity contribution in [1.29, 1.82) is 0 Å². The van der Waals surface area contributed by atoms with E-state index >= 15 is 0 Å². The van der Waals surface area contributed by atoms with Gasteiger partial charge in [-0.1, -0.05) is 18.2 Å². The number of hydrogen-bond donors (Lipinski definition) is 1. The second-order valence-electron chi connectivity index (χ2n) is 1.41. The molecule has 1 aromatic carbocycles. The van der Waals surface area contributed by atoms with Crippen molar-refractivity contribution in [3.63, 3.8) is 0 Å². The van der Waals surface area contributed by atoms with Crippen molar-refractivity contribution in [2.45, 2.75) is 0 Å². The van der Waals surface area contributed by atoms with Gasteiger partial charge in [0.05, 0.1) is 0 Å². The molecule has 0 saturated heterocycles. The van der Waals surface area contributed by atoms with Gasteiger partial charge in [-0.2, -0.15) is 0 Å². The van der Waals surface area contributed by atoms with Crippen LogP contribution in [0.3, 0.4) is 0 Å². The summed E-state index contributed by atoms with van der Waals surface area (Å²) < 4.78 is 0. The van der Waals surface area contributed by atoms with Gasteiger partial charge < -0.3 is 5.73 Å². The molecule has 0 saturated carbocycles. The van der Waals surface area contributed by atoms with Crippen LogP contribution in [0.25, 0.3) is 0 Å². The third kappa shape index (κ3) is 2.17. The van der Waals surface area contributed by atoms with E-state index in [4.69, 9.17) is 5.73 Å². The van der Waals surface area contributed by atoms with Gasteiger partial charge in [-0.25, -0.2) is 0 Å². The second-order valence-corrected chi connectivity index (χ2v) is 1.41. The van der Waals surface area contributed by atoms with Crippen LogP contribution in [0.2, 0.25) is 0 Å². The molecule has 0 bridgehead atoms. The fourth-order valence-electron chi connectivity index (χ4n) is 0.453. The SMILES string of the molecule is Nc1ccccc1.[Ta]. The summed E-state index contributed by atoms with van der Waals surface area (Å²) in [5, 5.41) is 0. The molecule has 2 N–H and O–H groups in total. The number of hydrogen-bond acceptors (Lipinski definition) is 1. The standard InChI is InChI=1S/C6H7N.Ta/c7-6-4-2-1-3-5-6;/h1-5H,7H2;. The maximum absolute atomic E-state index is 5.36. The Morgan fingerprint density at radius 3 is 1.75 bits per heavy atom. The molecule has 0 aliphatic rings. The van der Waals surface area contributed by atoms with E-state index in [9.17, 15) is 0 Å². The Balaban J connectivity index is 0.000000490. The van der Waals surface area contributed by atoms with Crippen LogP contribution in [0.15, 0.2) is 30.3 Å². The molecule has 0 aromatic heterocycles. The van der Waals surface area contributed by atoms with Crippen molar-refractivity contribution < 1.29 is 22.4 Å². The fourth-order valence-corrected chi connectivity index (χ4v) is 0.453. The first kappa shape index (κ1) is 7.76. The summed E-state index contributed by atoms with van der Waals surface area (Å²) in [6.07, 6.45) is 0. The largest absolute Gasteiger partial charge is 0.399 e. The normalized spacial score (nSPS) is 7.50. The average Bonchev–Trinajstić information content (AvgIpc) is 1.69. The van der Waals surface area contributed by atoms with E-state index < -0.39 is 0 Å². The zero-order valence-electron chi connectivity index (χ0n) is 4.41. The summed E-state index contributed by atoms with van der Waals surface area (Å²) in [6.45, 7) is 0. The molecule has 0 amide bonds. The van der Waals surface area contributed by atoms with Crippen LogP contribution in [0.4, 0.5) is 5.69 Å². The third-order valence-corrected chi connectivity index (χ3v) is 0.800. The zero-order valence-corrected chi connectivity index (χ0v) is 7.62. The van der Waals surface area contributed by atoms with Crippen LogP contribution < -0.4 is 5.73 Å². The minimum absolute atomic E-state index is 0. The average molecular weight is 274 g/mol. The smallest absolute Gasteiger partial charge is 0.0313 e. The van der Waals surface area contributed by atoms with E-state index in [0.717, 1.165) is 5.69 Å². The maximum atomic E-state index is 5.36. The van der Waals surface area contributed by atoms with Crippen LogP contribution in [-0.4, -0.2) is 0 Å². The third-order valence-electron chi connectivity index (χ3n) is 0.800. The Morgan fingerprint density at radius 1 is 1.00 bits per heavy atom. The van der Waals surface area contributed by atoms with Gasteiger partial charge in [0, 0.05) is 28.1 Å². The van der Waals surface area contributed by atoms with Gasteiger partial charge in [0.15, 0.2) is 0 Å². The molecule has 0 aliphatic heterocycles. The number of rotatable bonds is 0. The van der Waals surface area contributed by atoms with E-state index in [-0.39, 0.29) is 22.4 Å². The minimum Gasteiger partial charge on any atom is -0.399 e. The first-order chi connectivity index (χ1) is 3.39. The van der Waals surface area contributed by atoms with Crippen LogP contribution >= 0.6 is 0 Å². The van der Waals surface area contributed by atoms with Crippen molar-refractivity contribution >= 4 is 5.69 Å². The molecule has 8 heavy (non-hydrogen) atoms. The Labute approximate surface area is 64.4 Å². The Hall–Kier alpha value is -0.240. The number of para-hydroxylation sites is 1. The number of nitrogens with two attached hydrogens (primary N) is 1. The van der Waals surface area contributed by atoms with Gasteiger partial charge in [-0.15, -0.1) is 0 Å². The Kier molecular flexibility index (Phi) is 3.61. The van der Waals surface area contributed by atoms with Crippen molar-refractivity contribution in [2.24, 2.45) is 0 Å². The van der Waals surface area contributed by atoms with Gasteiger partial charge in [-0.05, 0) is 12.1 Å². The summed E-state index contributed by atoms with van der Waals surface area (Å²) >= 11 is 0. The molecule has 0 atom stereocenters. The molecular formula is C6H7NTa. The molecule has 1 nitrogen and oxygen atoms in total. The van der Waals surface area contributed by atoms with E-state index in [1.165, 1.54) is 0 Å². The zero-order chi connectivity index (χ0) is 5.11. The molecule has 1 rings (SSSR count). The van der Waals surface area contributed by atoms with Crippen LogP contribution in [0.5, 0.6) is 0 Å². The molecule has 0 heterocycles. The first-order valence-electron chi connectivity index (χ1n) is 2.20. The molecule has 0 spiro atoms. The van der Waals surface area contributed by atoms with Crippen LogP contribution in [-0.2, 0) is 22.4 Å². The molecule has 2 heteroatoms. The summed E-state index contributed by atoms with van der Waals surface area (Å²) in [5.74, 6) is 0. The number of anilines is 1. The Bertz CT molecular complexity index is 138. The molecule has 0 aliphatic carbocycles. The molecule has 0 fully saturated rings. The molecule has 41 valence electrons. The molecule has 0 unspecified atom stereocenters. The summed E-state index contributed by atoms with van der Waals surface area (Å²) in [4.78, 5) is 0. The predicted molar refractivity (Wildman–Crippen MR) is 30.9 cm³/mol. The summed E-state index contributed by atoms with van der Waals surface area (Å²) in [6, 6.07) is 9.49. The van der Waals surface area contributed by atoms with E-state index in [0.29, 0.717) is 0 Å². The van der Waals surface area contributed by atoms with Gasteiger partial charge in [0.25, 0.3) is 0 Å². The molecule has 1 radical (unpaired) electrons. The molecule has 1 aromatic rings. The van der Waals surface area contributed by atoms with Gasteiger partial charge >= 0.3 is 0 Å². The van der Waals surface area contributed by atoms with Crippen molar-refractivity contribution in [1.82, 2.24) is 0 Å². The van der Waals surface area contributed by atoms with Gasteiger partial charge in [0.2, 0.25) is 0 Å². The monoisotopic (exact) mass is 274 g/mol. The van der Waals surface area contributed by atoms with Gasteiger partial charge in [-0.3, -0.25) is 0 Å². The summed E-state index contributed by atoms with van der Waals surface area (Å²) in [5.41, 5.74) is 6.18. The first-order valence-corrected chi connectivity index (χ1v) is 2.20. The quantitative estimate of drug-likeness (QED) is 0.708. The van der Waals surface area contributed by atoms with Crippen LogP contribution in [0, 0.1) is 0 Å². The number of benzene rings is 1. The predicted octanol–water partition coefficient (Wildman–Crippen LogP) is 1.27. The fraction of sp³-hybridized carbons (Fsp3) is 0. The topological polar surface area (TPSA) is 26.0 Å².